The number of nitrogens with two attached hydrogens (primary N) is 1. The minimum atomic E-state index is -0.602. The second-order valence-corrected chi connectivity index (χ2v) is 7.76. The van der Waals surface area contributed by atoms with E-state index in [0.29, 0.717) is 12.5 Å². The fraction of sp³-hybridized carbons (Fsp3) is 0.867. The lowest BCUT2D eigenvalue weighted by Crippen LogP contribution is -2.55. The lowest BCUT2D eigenvalue weighted by molar-refractivity contribution is -0.154. The van der Waals surface area contributed by atoms with Crippen LogP contribution in [0.5, 0.6) is 0 Å². The molecule has 122 valence electrons. The number of carbonyl (C=O) groups is 2. The lowest BCUT2D eigenvalue weighted by atomic mass is 9.86. The Kier molecular flexibility index (Phi) is 4.72. The molecule has 1 heterocycles. The molecular weight excluding hydrogens is 292 g/mol. The molecule has 1 saturated carbocycles. The van der Waals surface area contributed by atoms with Crippen LogP contribution in [0, 0.1) is 22.7 Å². The summed E-state index contributed by atoms with van der Waals surface area (Å²) in [6.07, 6.45) is 0. The van der Waals surface area contributed by atoms with Crippen molar-refractivity contribution in [2.24, 2.45) is 28.4 Å². The fourth-order valence-electron chi connectivity index (χ4n) is 3.45. The van der Waals surface area contributed by atoms with Crippen LogP contribution in [-0.4, -0.2) is 42.5 Å². The number of piperidine rings is 1. The molecule has 0 aromatic rings. The van der Waals surface area contributed by atoms with Crippen LogP contribution in [0.4, 0.5) is 0 Å². The monoisotopic (exact) mass is 318 g/mol. The largest absolute Gasteiger partial charge is 0.467 e. The first kappa shape index (κ1) is 18.2. The molecule has 4 atom stereocenters. The number of halogens is 1. The average Bonchev–Trinajstić information content (AvgIpc) is 2.75. The number of amides is 1. The Morgan fingerprint density at radius 3 is 2.29 bits per heavy atom. The van der Waals surface area contributed by atoms with Crippen molar-refractivity contribution in [2.45, 2.75) is 46.7 Å². The highest BCUT2D eigenvalue weighted by Gasteiger charge is 2.70. The van der Waals surface area contributed by atoms with Crippen LogP contribution in [0.1, 0.15) is 34.6 Å². The van der Waals surface area contributed by atoms with E-state index in [1.54, 1.807) is 4.90 Å². The van der Waals surface area contributed by atoms with E-state index in [9.17, 15) is 9.59 Å². The van der Waals surface area contributed by atoms with Gasteiger partial charge in [-0.05, 0) is 16.7 Å². The van der Waals surface area contributed by atoms with Crippen LogP contribution in [0.3, 0.4) is 0 Å². The molecule has 2 aliphatic rings. The van der Waals surface area contributed by atoms with Crippen LogP contribution in [0.2, 0.25) is 0 Å². The Morgan fingerprint density at radius 1 is 1.33 bits per heavy atom. The van der Waals surface area contributed by atoms with Crippen LogP contribution in [0.25, 0.3) is 0 Å². The van der Waals surface area contributed by atoms with E-state index >= 15 is 0 Å². The van der Waals surface area contributed by atoms with E-state index in [0.717, 1.165) is 0 Å². The van der Waals surface area contributed by atoms with Gasteiger partial charge in [0.2, 0.25) is 5.91 Å². The SMILES string of the molecule is COC(=O)[C@@H]1[C@@H]2[C@H](CN1C(=O)[C@H](N)C(C)(C)C)C2(C)C.Cl. The molecule has 1 saturated heterocycles. The van der Waals surface area contributed by atoms with Crippen molar-refractivity contribution in [3.05, 3.63) is 0 Å². The summed E-state index contributed by atoms with van der Waals surface area (Å²) in [4.78, 5) is 26.3. The van der Waals surface area contributed by atoms with Gasteiger partial charge < -0.3 is 15.4 Å². The van der Waals surface area contributed by atoms with Gasteiger partial charge in [-0.25, -0.2) is 4.79 Å². The number of hydrogen-bond donors (Lipinski definition) is 1. The number of esters is 1. The number of likely N-dealkylation sites (tertiary alicyclic amines) is 1. The van der Waals surface area contributed by atoms with E-state index in [-0.39, 0.29) is 41.0 Å². The number of hydrogen-bond acceptors (Lipinski definition) is 4. The first-order chi connectivity index (χ1) is 9.03. The molecule has 1 aliphatic heterocycles. The van der Waals surface area contributed by atoms with Crippen molar-refractivity contribution in [3.8, 4) is 0 Å². The zero-order chi connectivity index (χ0) is 15.5. The maximum Gasteiger partial charge on any atom is 0.328 e. The summed E-state index contributed by atoms with van der Waals surface area (Å²) in [5, 5.41) is 0. The van der Waals surface area contributed by atoms with Gasteiger partial charge in [-0.3, -0.25) is 4.79 Å². The fourth-order valence-corrected chi connectivity index (χ4v) is 3.45. The Bertz CT molecular complexity index is 445. The second kappa shape index (κ2) is 5.43. The molecule has 0 spiro atoms. The van der Waals surface area contributed by atoms with Gasteiger partial charge in [0, 0.05) is 12.5 Å². The van der Waals surface area contributed by atoms with Crippen molar-refractivity contribution in [1.82, 2.24) is 4.90 Å². The zero-order valence-corrected chi connectivity index (χ0v) is 14.5. The van der Waals surface area contributed by atoms with E-state index in [4.69, 9.17) is 10.5 Å². The van der Waals surface area contributed by atoms with Crippen molar-refractivity contribution < 1.29 is 14.3 Å². The minimum Gasteiger partial charge on any atom is -0.467 e. The van der Waals surface area contributed by atoms with Crippen molar-refractivity contribution >= 4 is 24.3 Å². The highest BCUT2D eigenvalue weighted by Crippen LogP contribution is 2.65. The summed E-state index contributed by atoms with van der Waals surface area (Å²) in [5.74, 6) is 0.113. The van der Waals surface area contributed by atoms with E-state index in [1.807, 2.05) is 20.8 Å². The molecule has 6 heteroatoms. The molecule has 5 nitrogen and oxygen atoms in total. The van der Waals surface area contributed by atoms with Gasteiger partial charge in [0.15, 0.2) is 0 Å². The maximum absolute atomic E-state index is 12.6. The third-order valence-corrected chi connectivity index (χ3v) is 5.13. The van der Waals surface area contributed by atoms with Gasteiger partial charge in [-0.1, -0.05) is 34.6 Å². The Hall–Kier alpha value is -0.810. The van der Waals surface area contributed by atoms with Crippen LogP contribution in [-0.2, 0) is 14.3 Å². The number of carbonyl (C=O) groups excluding carboxylic acids is 2. The highest BCUT2D eigenvalue weighted by atomic mass is 35.5. The summed E-state index contributed by atoms with van der Waals surface area (Å²) in [5.41, 5.74) is 5.86. The summed E-state index contributed by atoms with van der Waals surface area (Å²) < 4.78 is 4.90. The average molecular weight is 319 g/mol. The van der Waals surface area contributed by atoms with Crippen molar-refractivity contribution in [2.75, 3.05) is 13.7 Å². The van der Waals surface area contributed by atoms with Crippen molar-refractivity contribution in [1.29, 1.82) is 0 Å². The third kappa shape index (κ3) is 2.78. The quantitative estimate of drug-likeness (QED) is 0.782. The first-order valence-electron chi connectivity index (χ1n) is 7.17. The Labute approximate surface area is 133 Å². The number of methoxy groups -OCH3 is 1. The first-order valence-corrected chi connectivity index (χ1v) is 7.17. The number of fused-ring (bicyclic) bond motifs is 1. The number of nitrogens with zero attached hydrogens (tertiary/aromatic N) is 1. The summed E-state index contributed by atoms with van der Waals surface area (Å²) >= 11 is 0. The van der Waals surface area contributed by atoms with E-state index in [2.05, 4.69) is 13.8 Å². The number of ether oxygens (including phenoxy) is 1. The summed E-state index contributed by atoms with van der Waals surface area (Å²) in [6, 6.07) is -1.07. The smallest absolute Gasteiger partial charge is 0.328 e. The molecule has 2 rings (SSSR count). The van der Waals surface area contributed by atoms with Gasteiger partial charge in [-0.15, -0.1) is 12.4 Å². The molecule has 2 N–H and O–H groups in total. The number of rotatable bonds is 2. The molecule has 1 amide bonds. The molecule has 0 radical (unpaired) electrons. The molecule has 0 aromatic heterocycles. The molecule has 0 unspecified atom stereocenters. The topological polar surface area (TPSA) is 72.6 Å². The van der Waals surface area contributed by atoms with Gasteiger partial charge in [-0.2, -0.15) is 0 Å². The summed E-state index contributed by atoms with van der Waals surface area (Å²) in [7, 11) is 1.37. The molecule has 21 heavy (non-hydrogen) atoms. The maximum atomic E-state index is 12.6. The Morgan fingerprint density at radius 2 is 1.86 bits per heavy atom. The van der Waals surface area contributed by atoms with Gasteiger partial charge in [0.05, 0.1) is 13.2 Å². The van der Waals surface area contributed by atoms with Gasteiger partial charge >= 0.3 is 5.97 Å². The minimum absolute atomic E-state index is 0. The Balaban J connectivity index is 0.00000220. The normalized spacial score (nSPS) is 31.0. The van der Waals surface area contributed by atoms with E-state index < -0.39 is 12.1 Å². The lowest BCUT2D eigenvalue weighted by Gasteiger charge is -2.35. The van der Waals surface area contributed by atoms with Gasteiger partial charge in [0.25, 0.3) is 0 Å². The summed E-state index contributed by atoms with van der Waals surface area (Å²) in [6.45, 7) is 10.7. The standard InChI is InChI=1S/C15H26N2O3.ClH/c1-14(2,3)11(16)12(18)17-7-8-9(15(8,4)5)10(17)13(19)20-6;/h8-11H,7,16H2,1-6H3;1H/t8-,9-,10-,11-;/m0./s1. The van der Waals surface area contributed by atoms with Crippen LogP contribution in [0.15, 0.2) is 0 Å². The predicted octanol–water partition coefficient (Wildman–Crippen LogP) is 1.44. The highest BCUT2D eigenvalue weighted by molar-refractivity contribution is 5.89. The second-order valence-electron chi connectivity index (χ2n) is 7.76. The van der Waals surface area contributed by atoms with Gasteiger partial charge in [0.1, 0.15) is 6.04 Å². The molecular formula is C15H27ClN2O3. The predicted molar refractivity (Wildman–Crippen MR) is 83.0 cm³/mol. The van der Waals surface area contributed by atoms with Crippen molar-refractivity contribution in [3.63, 3.8) is 0 Å². The molecule has 1 aliphatic carbocycles. The molecule has 0 bridgehead atoms. The molecule has 2 fully saturated rings. The van der Waals surface area contributed by atoms with E-state index in [1.165, 1.54) is 7.11 Å². The van der Waals surface area contributed by atoms with Crippen LogP contribution >= 0.6 is 12.4 Å². The molecule has 0 aromatic carbocycles. The van der Waals surface area contributed by atoms with Crippen LogP contribution < -0.4 is 5.73 Å². The third-order valence-electron chi connectivity index (χ3n) is 5.13. The zero-order valence-electron chi connectivity index (χ0n) is 13.7.